The fourth-order valence-electron chi connectivity index (χ4n) is 2.83. The largest absolute Gasteiger partial charge is 0.493 e. The average molecular weight is 431 g/mol. The molecule has 0 radical (unpaired) electrons. The zero-order valence-corrected chi connectivity index (χ0v) is 16.7. The minimum Gasteiger partial charge on any atom is -0.493 e. The zero-order chi connectivity index (χ0) is 22.4. The predicted molar refractivity (Wildman–Crippen MR) is 107 cm³/mol. The number of carbonyl (C=O) groups excluding carboxylic acids is 2. The van der Waals surface area contributed by atoms with Crippen molar-refractivity contribution in [1.82, 2.24) is 9.78 Å². The Balaban J connectivity index is 1.85. The maximum atomic E-state index is 12.7. The monoisotopic (exact) mass is 431 g/mol. The summed E-state index contributed by atoms with van der Waals surface area (Å²) in [5.74, 6) is -1.78. The van der Waals surface area contributed by atoms with Gasteiger partial charge in [-0.2, -0.15) is 13.9 Å². The van der Waals surface area contributed by atoms with Crippen LogP contribution >= 0.6 is 0 Å². The first-order valence-electron chi connectivity index (χ1n) is 9.04. The third kappa shape index (κ3) is 5.35. The summed E-state index contributed by atoms with van der Waals surface area (Å²) >= 11 is 0. The second-order valence-corrected chi connectivity index (χ2v) is 6.27. The van der Waals surface area contributed by atoms with Gasteiger partial charge in [-0.25, -0.2) is 4.79 Å². The van der Waals surface area contributed by atoms with Crippen LogP contribution in [0.5, 0.6) is 11.5 Å². The molecule has 1 heterocycles. The molecule has 0 unspecified atom stereocenters. The number of alkyl halides is 2. The molecular weight excluding hydrogens is 412 g/mol. The van der Waals surface area contributed by atoms with Gasteiger partial charge in [0.15, 0.2) is 11.5 Å². The molecule has 2 aromatic carbocycles. The first-order chi connectivity index (χ1) is 14.9. The van der Waals surface area contributed by atoms with Crippen molar-refractivity contribution in [3.8, 4) is 11.5 Å². The number of rotatable bonds is 8. The van der Waals surface area contributed by atoms with E-state index in [1.165, 1.54) is 7.11 Å². The number of carbonyl (C=O) groups is 2. The SMILES string of the molecule is COC(=O)c1cc(OC)c(OC(F)F)cc1NC(=O)c1ccc(Cn2cccn2)cc1. The molecule has 31 heavy (non-hydrogen) atoms. The van der Waals surface area contributed by atoms with Crippen LogP contribution in [0.4, 0.5) is 14.5 Å². The Morgan fingerprint density at radius 3 is 2.45 bits per heavy atom. The maximum Gasteiger partial charge on any atom is 0.387 e. The normalized spacial score (nSPS) is 10.6. The standard InChI is InChI=1S/C21H19F2N3O5/c1-29-17-10-15(20(28)30-2)16(11-18(17)31-21(22)23)25-19(27)14-6-4-13(5-7-14)12-26-9-3-8-24-26/h3-11,21H,12H2,1-2H3,(H,25,27). The lowest BCUT2D eigenvalue weighted by Crippen LogP contribution is -2.16. The summed E-state index contributed by atoms with van der Waals surface area (Å²) < 4.78 is 41.3. The van der Waals surface area contributed by atoms with Crippen LogP contribution in [0, 0.1) is 0 Å². The molecule has 162 valence electrons. The summed E-state index contributed by atoms with van der Waals surface area (Å²) in [6, 6.07) is 10.8. The Kier molecular flexibility index (Phi) is 6.81. The third-order valence-corrected chi connectivity index (χ3v) is 4.29. The van der Waals surface area contributed by atoms with Crippen molar-refractivity contribution in [2.24, 2.45) is 0 Å². The van der Waals surface area contributed by atoms with Gasteiger partial charge in [-0.05, 0) is 23.8 Å². The molecule has 1 aromatic heterocycles. The number of halogens is 2. The van der Waals surface area contributed by atoms with Crippen LogP contribution in [0.2, 0.25) is 0 Å². The number of hydrogen-bond donors (Lipinski definition) is 1. The number of esters is 1. The minimum atomic E-state index is -3.12. The first-order valence-corrected chi connectivity index (χ1v) is 9.04. The van der Waals surface area contributed by atoms with Crippen LogP contribution < -0.4 is 14.8 Å². The van der Waals surface area contributed by atoms with Gasteiger partial charge in [-0.3, -0.25) is 9.48 Å². The molecule has 0 aliphatic heterocycles. The summed E-state index contributed by atoms with van der Waals surface area (Å²) in [5, 5.41) is 6.65. The lowest BCUT2D eigenvalue weighted by Gasteiger charge is -2.15. The van der Waals surface area contributed by atoms with Gasteiger partial charge < -0.3 is 19.5 Å². The molecule has 3 rings (SSSR count). The summed E-state index contributed by atoms with van der Waals surface area (Å²) in [7, 11) is 2.39. The fourth-order valence-corrected chi connectivity index (χ4v) is 2.83. The molecule has 0 aliphatic carbocycles. The van der Waals surface area contributed by atoms with E-state index in [9.17, 15) is 18.4 Å². The van der Waals surface area contributed by atoms with Crippen LogP contribution in [-0.2, 0) is 11.3 Å². The van der Waals surface area contributed by atoms with Crippen molar-refractivity contribution in [3.05, 3.63) is 71.5 Å². The minimum absolute atomic E-state index is 0.0612. The number of anilines is 1. The molecule has 0 atom stereocenters. The number of ether oxygens (including phenoxy) is 3. The highest BCUT2D eigenvalue weighted by atomic mass is 19.3. The van der Waals surface area contributed by atoms with Crippen molar-refractivity contribution in [2.45, 2.75) is 13.2 Å². The van der Waals surface area contributed by atoms with Gasteiger partial charge in [0.25, 0.3) is 5.91 Å². The Bertz CT molecular complexity index is 1050. The molecule has 0 fully saturated rings. The Hall–Kier alpha value is -3.95. The van der Waals surface area contributed by atoms with Crippen LogP contribution in [-0.4, -0.2) is 42.5 Å². The molecule has 8 nitrogen and oxygen atoms in total. The summed E-state index contributed by atoms with van der Waals surface area (Å²) in [5.41, 5.74) is 1.08. The summed E-state index contributed by atoms with van der Waals surface area (Å²) in [6.45, 7) is -2.59. The number of nitrogens with zero attached hydrogens (tertiary/aromatic N) is 2. The maximum absolute atomic E-state index is 12.7. The van der Waals surface area contributed by atoms with Gasteiger partial charge in [0.1, 0.15) is 0 Å². The molecule has 1 N–H and O–H groups in total. The smallest absolute Gasteiger partial charge is 0.387 e. The Labute approximate surface area is 176 Å². The average Bonchev–Trinajstić information content (AvgIpc) is 3.26. The summed E-state index contributed by atoms with van der Waals surface area (Å²) in [4.78, 5) is 24.8. The van der Waals surface area contributed by atoms with E-state index in [2.05, 4.69) is 15.2 Å². The van der Waals surface area contributed by atoms with E-state index in [1.54, 1.807) is 35.1 Å². The van der Waals surface area contributed by atoms with Crippen molar-refractivity contribution in [3.63, 3.8) is 0 Å². The second kappa shape index (κ2) is 9.70. The third-order valence-electron chi connectivity index (χ3n) is 4.29. The fraction of sp³-hybridized carbons (Fsp3) is 0.190. The molecule has 0 spiro atoms. The van der Waals surface area contributed by atoms with E-state index in [4.69, 9.17) is 9.47 Å². The highest BCUT2D eigenvalue weighted by Gasteiger charge is 2.21. The van der Waals surface area contributed by atoms with Gasteiger partial charge in [0.2, 0.25) is 0 Å². The van der Waals surface area contributed by atoms with Crippen LogP contribution in [0.1, 0.15) is 26.3 Å². The molecule has 0 saturated heterocycles. The van der Waals surface area contributed by atoms with Gasteiger partial charge in [0, 0.05) is 30.1 Å². The van der Waals surface area contributed by atoms with Crippen molar-refractivity contribution >= 4 is 17.6 Å². The zero-order valence-electron chi connectivity index (χ0n) is 16.7. The molecule has 0 saturated carbocycles. The van der Waals surface area contributed by atoms with E-state index in [0.29, 0.717) is 12.1 Å². The highest BCUT2D eigenvalue weighted by molar-refractivity contribution is 6.08. The predicted octanol–water partition coefficient (Wildman–Crippen LogP) is 3.58. The van der Waals surface area contributed by atoms with E-state index in [0.717, 1.165) is 24.8 Å². The topological polar surface area (TPSA) is 91.7 Å². The molecule has 1 amide bonds. The van der Waals surface area contributed by atoms with Crippen LogP contribution in [0.3, 0.4) is 0 Å². The van der Waals surface area contributed by atoms with Gasteiger partial charge in [-0.15, -0.1) is 0 Å². The van der Waals surface area contributed by atoms with E-state index >= 15 is 0 Å². The summed E-state index contributed by atoms with van der Waals surface area (Å²) in [6.07, 6.45) is 3.49. The van der Waals surface area contributed by atoms with E-state index < -0.39 is 18.5 Å². The van der Waals surface area contributed by atoms with E-state index in [1.807, 2.05) is 12.3 Å². The lowest BCUT2D eigenvalue weighted by atomic mass is 10.1. The molecule has 0 bridgehead atoms. The molecule has 10 heteroatoms. The molecule has 3 aromatic rings. The van der Waals surface area contributed by atoms with Crippen molar-refractivity contribution in [2.75, 3.05) is 19.5 Å². The number of amides is 1. The number of aromatic nitrogens is 2. The number of benzene rings is 2. The van der Waals surface area contributed by atoms with Crippen LogP contribution in [0.25, 0.3) is 0 Å². The molecule has 0 aliphatic rings. The van der Waals surface area contributed by atoms with E-state index in [-0.39, 0.29) is 22.7 Å². The van der Waals surface area contributed by atoms with Gasteiger partial charge in [0.05, 0.1) is 32.0 Å². The number of hydrogen-bond acceptors (Lipinski definition) is 6. The first kappa shape index (κ1) is 21.8. The second-order valence-electron chi connectivity index (χ2n) is 6.27. The molecular formula is C21H19F2N3O5. The van der Waals surface area contributed by atoms with Crippen LogP contribution in [0.15, 0.2) is 54.9 Å². The number of nitrogens with one attached hydrogen (secondary N) is 1. The van der Waals surface area contributed by atoms with Gasteiger partial charge in [-0.1, -0.05) is 12.1 Å². The number of methoxy groups -OCH3 is 2. The Morgan fingerprint density at radius 1 is 1.13 bits per heavy atom. The Morgan fingerprint density at radius 2 is 1.87 bits per heavy atom. The lowest BCUT2D eigenvalue weighted by molar-refractivity contribution is -0.0511. The van der Waals surface area contributed by atoms with Crippen molar-refractivity contribution in [1.29, 1.82) is 0 Å². The highest BCUT2D eigenvalue weighted by Crippen LogP contribution is 2.35. The van der Waals surface area contributed by atoms with Gasteiger partial charge >= 0.3 is 12.6 Å². The van der Waals surface area contributed by atoms with Crippen molar-refractivity contribution < 1.29 is 32.6 Å². The quantitative estimate of drug-likeness (QED) is 0.548.